The molecule has 1 unspecified atom stereocenters. The Morgan fingerprint density at radius 1 is 1.03 bits per heavy atom. The number of benzene rings is 3. The van der Waals surface area contributed by atoms with Crippen LogP contribution in [-0.4, -0.2) is 40.7 Å². The van der Waals surface area contributed by atoms with Crippen LogP contribution in [0.3, 0.4) is 0 Å². The van der Waals surface area contributed by atoms with E-state index in [0.29, 0.717) is 22.9 Å². The molecule has 7 nitrogen and oxygen atoms in total. The van der Waals surface area contributed by atoms with Crippen molar-refractivity contribution < 1.29 is 29.3 Å². The number of amides is 2. The molecule has 0 saturated carbocycles. The van der Waals surface area contributed by atoms with Crippen LogP contribution in [0, 0.1) is 0 Å². The van der Waals surface area contributed by atoms with Gasteiger partial charge in [0.15, 0.2) is 0 Å². The van der Waals surface area contributed by atoms with E-state index in [4.69, 9.17) is 4.74 Å². The maximum absolute atomic E-state index is 13.1. The number of aliphatic hydroxyl groups excluding tert-OH is 1. The molecule has 0 spiro atoms. The van der Waals surface area contributed by atoms with Gasteiger partial charge in [-0.15, -0.1) is 0 Å². The molecule has 3 aromatic rings. The first kappa shape index (κ1) is 19.6. The van der Waals surface area contributed by atoms with Crippen molar-refractivity contribution in [3.63, 3.8) is 0 Å². The maximum Gasteiger partial charge on any atom is 0.338 e. The van der Waals surface area contributed by atoms with Crippen molar-refractivity contribution in [1.82, 2.24) is 0 Å². The lowest BCUT2D eigenvalue weighted by Gasteiger charge is -2.16. The Labute approximate surface area is 172 Å². The number of phenols is 1. The van der Waals surface area contributed by atoms with Crippen molar-refractivity contribution in [2.75, 3.05) is 11.5 Å². The minimum atomic E-state index is -0.757. The topological polar surface area (TPSA) is 104 Å². The highest BCUT2D eigenvalue weighted by Gasteiger charge is 2.38. The van der Waals surface area contributed by atoms with Crippen LogP contribution in [-0.2, 0) is 4.74 Å². The molecule has 2 amide bonds. The molecule has 152 valence electrons. The van der Waals surface area contributed by atoms with Crippen molar-refractivity contribution in [3.05, 3.63) is 71.3 Å². The van der Waals surface area contributed by atoms with Crippen LogP contribution in [0.5, 0.6) is 5.75 Å². The number of ether oxygens (including phenoxy) is 1. The van der Waals surface area contributed by atoms with E-state index in [-0.39, 0.29) is 29.0 Å². The van der Waals surface area contributed by atoms with Gasteiger partial charge in [-0.25, -0.2) is 9.69 Å². The lowest BCUT2D eigenvalue weighted by atomic mass is 10.1. The van der Waals surface area contributed by atoms with E-state index in [1.54, 1.807) is 37.3 Å². The van der Waals surface area contributed by atoms with Crippen molar-refractivity contribution in [2.45, 2.75) is 19.4 Å². The number of anilines is 1. The number of carbonyl (C=O) groups excluding carboxylic acids is 3. The van der Waals surface area contributed by atoms with E-state index in [0.717, 1.165) is 4.90 Å². The number of esters is 1. The smallest absolute Gasteiger partial charge is 0.338 e. The summed E-state index contributed by atoms with van der Waals surface area (Å²) in [7, 11) is 0. The fourth-order valence-electron chi connectivity index (χ4n) is 3.41. The van der Waals surface area contributed by atoms with Gasteiger partial charge in [-0.3, -0.25) is 9.59 Å². The number of hydrogen-bond acceptors (Lipinski definition) is 6. The summed E-state index contributed by atoms with van der Waals surface area (Å²) in [5.41, 5.74) is 0.832. The molecule has 0 bridgehead atoms. The molecule has 0 radical (unpaired) electrons. The molecule has 0 aliphatic carbocycles. The first-order chi connectivity index (χ1) is 14.4. The number of hydrogen-bond donors (Lipinski definition) is 2. The zero-order chi connectivity index (χ0) is 21.4. The van der Waals surface area contributed by atoms with Gasteiger partial charge in [0.2, 0.25) is 0 Å². The Balaban J connectivity index is 1.68. The van der Waals surface area contributed by atoms with Gasteiger partial charge >= 0.3 is 5.97 Å². The summed E-state index contributed by atoms with van der Waals surface area (Å²) in [5.74, 6) is -1.63. The molecule has 4 rings (SSSR count). The summed E-state index contributed by atoms with van der Waals surface area (Å²) in [6.07, 6.45) is -0.310. The van der Waals surface area contributed by atoms with E-state index in [9.17, 15) is 24.6 Å². The van der Waals surface area contributed by atoms with Crippen molar-refractivity contribution >= 4 is 34.2 Å². The van der Waals surface area contributed by atoms with Crippen molar-refractivity contribution in [2.24, 2.45) is 0 Å². The van der Waals surface area contributed by atoms with E-state index < -0.39 is 23.9 Å². The van der Waals surface area contributed by atoms with E-state index in [1.165, 1.54) is 24.3 Å². The van der Waals surface area contributed by atoms with Crippen molar-refractivity contribution in [3.8, 4) is 5.75 Å². The number of nitrogens with zero attached hydrogens (tertiary/aromatic N) is 1. The summed E-state index contributed by atoms with van der Waals surface area (Å²) in [5, 5.41) is 20.6. The van der Waals surface area contributed by atoms with Gasteiger partial charge in [-0.05, 0) is 54.3 Å². The second kappa shape index (κ2) is 7.61. The van der Waals surface area contributed by atoms with Crippen LogP contribution >= 0.6 is 0 Å². The highest BCUT2D eigenvalue weighted by atomic mass is 16.5. The van der Waals surface area contributed by atoms with Crippen LogP contribution < -0.4 is 4.90 Å². The molecule has 2 N–H and O–H groups in total. The minimum Gasteiger partial charge on any atom is -0.508 e. The first-order valence-electron chi connectivity index (χ1n) is 9.50. The van der Waals surface area contributed by atoms with Gasteiger partial charge in [0, 0.05) is 5.39 Å². The lowest BCUT2D eigenvalue weighted by Crippen LogP contribution is -2.29. The number of carbonyl (C=O) groups is 3. The fraction of sp³-hybridized carbons (Fsp3) is 0.174. The summed E-state index contributed by atoms with van der Waals surface area (Å²) >= 11 is 0. The molecule has 0 aromatic heterocycles. The number of imide groups is 1. The second-order valence-corrected chi connectivity index (χ2v) is 7.05. The fourth-order valence-corrected chi connectivity index (χ4v) is 3.41. The average molecular weight is 405 g/mol. The zero-order valence-corrected chi connectivity index (χ0v) is 16.2. The summed E-state index contributed by atoms with van der Waals surface area (Å²) in [6, 6.07) is 14.0. The molecule has 30 heavy (non-hydrogen) atoms. The van der Waals surface area contributed by atoms with Crippen LogP contribution in [0.15, 0.2) is 54.6 Å². The minimum absolute atomic E-state index is 0.0818. The maximum atomic E-state index is 13.1. The van der Waals surface area contributed by atoms with Crippen LogP contribution in [0.1, 0.15) is 44.4 Å². The molecule has 1 aliphatic heterocycles. The Bertz CT molecular complexity index is 1190. The highest BCUT2D eigenvalue weighted by molar-refractivity contribution is 6.36. The second-order valence-electron chi connectivity index (χ2n) is 7.05. The average Bonchev–Trinajstić information content (AvgIpc) is 3.00. The molecule has 1 heterocycles. The Hall–Kier alpha value is -3.71. The van der Waals surface area contributed by atoms with Gasteiger partial charge < -0.3 is 14.9 Å². The molecule has 0 fully saturated rings. The van der Waals surface area contributed by atoms with Crippen LogP contribution in [0.4, 0.5) is 5.69 Å². The summed E-state index contributed by atoms with van der Waals surface area (Å²) < 4.78 is 5.06. The van der Waals surface area contributed by atoms with Crippen molar-refractivity contribution in [1.29, 1.82) is 0 Å². The third kappa shape index (κ3) is 3.29. The van der Waals surface area contributed by atoms with Gasteiger partial charge in [-0.1, -0.05) is 19.1 Å². The zero-order valence-electron chi connectivity index (χ0n) is 16.2. The first-order valence-corrected chi connectivity index (χ1v) is 9.50. The Morgan fingerprint density at radius 2 is 1.80 bits per heavy atom. The van der Waals surface area contributed by atoms with E-state index in [1.807, 2.05) is 0 Å². The predicted octanol–water partition coefficient (Wildman–Crippen LogP) is 3.27. The lowest BCUT2D eigenvalue weighted by molar-refractivity contribution is 0.0250. The van der Waals surface area contributed by atoms with E-state index in [2.05, 4.69) is 0 Å². The number of fused-ring (bicyclic) bond motifs is 2. The Kier molecular flexibility index (Phi) is 4.97. The van der Waals surface area contributed by atoms with Gasteiger partial charge in [-0.2, -0.15) is 0 Å². The normalized spacial score (nSPS) is 14.1. The molecular formula is C23H19NO6. The largest absolute Gasteiger partial charge is 0.508 e. The standard InChI is InChI=1S/C23H19NO6/c1-2-15(25)12-30-23(29)14-6-8-18-19(11-14)22(28)24(21(18)27)20-5-3-4-13-10-16(26)7-9-17(13)20/h3-11,15,25-26H,2,12H2,1H3. The molecule has 1 aliphatic rings. The molecular weight excluding hydrogens is 386 g/mol. The third-order valence-corrected chi connectivity index (χ3v) is 5.08. The number of aliphatic hydroxyl groups is 1. The molecule has 1 atom stereocenters. The SMILES string of the molecule is CCC(O)COC(=O)c1ccc2c(c1)C(=O)N(c1cccc3cc(O)ccc13)C2=O. The monoisotopic (exact) mass is 405 g/mol. The van der Waals surface area contributed by atoms with Crippen LogP contribution in [0.2, 0.25) is 0 Å². The van der Waals surface area contributed by atoms with Gasteiger partial charge in [0.05, 0.1) is 28.5 Å². The quantitative estimate of drug-likeness (QED) is 0.499. The summed E-state index contributed by atoms with van der Waals surface area (Å²) in [6.45, 7) is 1.62. The van der Waals surface area contributed by atoms with E-state index >= 15 is 0 Å². The molecule has 7 heteroatoms. The molecule has 0 saturated heterocycles. The van der Waals surface area contributed by atoms with Gasteiger partial charge in [0.25, 0.3) is 11.8 Å². The van der Waals surface area contributed by atoms with Gasteiger partial charge in [0.1, 0.15) is 12.4 Å². The highest BCUT2D eigenvalue weighted by Crippen LogP contribution is 2.35. The van der Waals surface area contributed by atoms with Crippen LogP contribution in [0.25, 0.3) is 10.8 Å². The molecule has 3 aromatic carbocycles. The third-order valence-electron chi connectivity index (χ3n) is 5.08. The predicted molar refractivity (Wildman–Crippen MR) is 110 cm³/mol. The number of phenolic OH excluding ortho intramolecular Hbond substituents is 1. The number of rotatable bonds is 5. The summed E-state index contributed by atoms with van der Waals surface area (Å²) in [4.78, 5) is 39.3. The number of aromatic hydroxyl groups is 1. The Morgan fingerprint density at radius 3 is 2.57 bits per heavy atom.